The first-order valence-electron chi connectivity index (χ1n) is 6.37. The van der Waals surface area contributed by atoms with Crippen molar-refractivity contribution in [2.75, 3.05) is 6.54 Å². The molecule has 0 aliphatic carbocycles. The molecular weight excluding hydrogens is 277 g/mol. The minimum absolute atomic E-state index is 0.0923. The predicted molar refractivity (Wildman–Crippen MR) is 83.2 cm³/mol. The quantitative estimate of drug-likeness (QED) is 0.836. The van der Waals surface area contributed by atoms with Crippen LogP contribution in [0, 0.1) is 6.92 Å². The van der Waals surface area contributed by atoms with Crippen LogP contribution in [-0.4, -0.2) is 6.54 Å². The molecule has 0 aliphatic heterocycles. The highest BCUT2D eigenvalue weighted by molar-refractivity contribution is 6.31. The van der Waals surface area contributed by atoms with Gasteiger partial charge in [-0.25, -0.2) is 0 Å². The van der Waals surface area contributed by atoms with E-state index in [1.165, 1.54) is 5.56 Å². The summed E-state index contributed by atoms with van der Waals surface area (Å²) < 4.78 is 0. The summed E-state index contributed by atoms with van der Waals surface area (Å²) in [7, 11) is 0. The molecule has 0 bridgehead atoms. The summed E-state index contributed by atoms with van der Waals surface area (Å²) in [5.74, 6) is 0. The predicted octanol–water partition coefficient (Wildman–Crippen LogP) is 5.00. The van der Waals surface area contributed by atoms with Gasteiger partial charge in [-0.1, -0.05) is 60.5 Å². The SMILES string of the molecule is CCNC(c1ccc(Cl)c(C)c1)c1ccccc1Cl. The van der Waals surface area contributed by atoms with Gasteiger partial charge in [0.25, 0.3) is 0 Å². The summed E-state index contributed by atoms with van der Waals surface area (Å²) >= 11 is 12.4. The first kappa shape index (κ1) is 14.4. The molecule has 0 fully saturated rings. The van der Waals surface area contributed by atoms with E-state index in [0.29, 0.717) is 0 Å². The van der Waals surface area contributed by atoms with Gasteiger partial charge in [0.05, 0.1) is 6.04 Å². The van der Waals surface area contributed by atoms with E-state index in [-0.39, 0.29) is 6.04 Å². The van der Waals surface area contributed by atoms with E-state index >= 15 is 0 Å². The molecule has 1 N–H and O–H groups in total. The minimum Gasteiger partial charge on any atom is -0.306 e. The fraction of sp³-hybridized carbons (Fsp3) is 0.250. The molecule has 2 aromatic carbocycles. The molecule has 0 radical (unpaired) electrons. The maximum atomic E-state index is 6.31. The average molecular weight is 294 g/mol. The molecule has 0 aromatic heterocycles. The lowest BCUT2D eigenvalue weighted by molar-refractivity contribution is 0.630. The van der Waals surface area contributed by atoms with E-state index in [0.717, 1.165) is 27.7 Å². The Bertz CT molecular complexity index is 566. The van der Waals surface area contributed by atoms with Crippen LogP contribution in [0.5, 0.6) is 0 Å². The molecule has 0 aliphatic rings. The number of aryl methyl sites for hydroxylation is 1. The van der Waals surface area contributed by atoms with Crippen molar-refractivity contribution in [2.45, 2.75) is 19.9 Å². The number of hydrogen-bond acceptors (Lipinski definition) is 1. The fourth-order valence-corrected chi connectivity index (χ4v) is 2.53. The van der Waals surface area contributed by atoms with Crippen LogP contribution in [0.25, 0.3) is 0 Å². The molecule has 1 atom stereocenters. The van der Waals surface area contributed by atoms with Gasteiger partial charge in [-0.05, 0) is 42.3 Å². The molecular formula is C16H17Cl2N. The monoisotopic (exact) mass is 293 g/mol. The van der Waals surface area contributed by atoms with Crippen molar-refractivity contribution in [3.8, 4) is 0 Å². The van der Waals surface area contributed by atoms with Crippen LogP contribution in [0.3, 0.4) is 0 Å². The van der Waals surface area contributed by atoms with Crippen LogP contribution >= 0.6 is 23.2 Å². The molecule has 2 rings (SSSR count). The van der Waals surface area contributed by atoms with Crippen LogP contribution in [0.1, 0.15) is 29.7 Å². The first-order chi connectivity index (χ1) is 9.13. The number of rotatable bonds is 4. The Balaban J connectivity index is 2.45. The topological polar surface area (TPSA) is 12.0 Å². The van der Waals surface area contributed by atoms with Gasteiger partial charge < -0.3 is 5.32 Å². The van der Waals surface area contributed by atoms with Crippen LogP contribution < -0.4 is 5.32 Å². The lowest BCUT2D eigenvalue weighted by atomic mass is 9.97. The number of halogens is 2. The summed E-state index contributed by atoms with van der Waals surface area (Å²) in [6, 6.07) is 14.1. The molecule has 19 heavy (non-hydrogen) atoms. The van der Waals surface area contributed by atoms with Crippen LogP contribution in [-0.2, 0) is 0 Å². The number of hydrogen-bond donors (Lipinski definition) is 1. The van der Waals surface area contributed by atoms with E-state index < -0.39 is 0 Å². The van der Waals surface area contributed by atoms with Crippen molar-refractivity contribution in [1.82, 2.24) is 5.32 Å². The van der Waals surface area contributed by atoms with E-state index in [4.69, 9.17) is 23.2 Å². The van der Waals surface area contributed by atoms with Gasteiger partial charge in [0.15, 0.2) is 0 Å². The Morgan fingerprint density at radius 3 is 2.42 bits per heavy atom. The summed E-state index contributed by atoms with van der Waals surface area (Å²) in [5.41, 5.74) is 3.35. The third-order valence-electron chi connectivity index (χ3n) is 3.14. The Morgan fingerprint density at radius 2 is 1.79 bits per heavy atom. The molecule has 100 valence electrons. The van der Waals surface area contributed by atoms with Crippen molar-refractivity contribution < 1.29 is 0 Å². The molecule has 3 heteroatoms. The van der Waals surface area contributed by atoms with E-state index in [1.54, 1.807) is 0 Å². The third-order valence-corrected chi connectivity index (χ3v) is 3.91. The second kappa shape index (κ2) is 6.42. The lowest BCUT2D eigenvalue weighted by Crippen LogP contribution is -2.22. The second-order valence-corrected chi connectivity index (χ2v) is 5.34. The minimum atomic E-state index is 0.0923. The maximum absolute atomic E-state index is 6.31. The Morgan fingerprint density at radius 1 is 1.05 bits per heavy atom. The third kappa shape index (κ3) is 3.30. The van der Waals surface area contributed by atoms with Crippen molar-refractivity contribution >= 4 is 23.2 Å². The first-order valence-corrected chi connectivity index (χ1v) is 7.13. The zero-order valence-electron chi connectivity index (χ0n) is 11.1. The smallest absolute Gasteiger partial charge is 0.0591 e. The lowest BCUT2D eigenvalue weighted by Gasteiger charge is -2.20. The van der Waals surface area contributed by atoms with Crippen LogP contribution in [0.15, 0.2) is 42.5 Å². The standard InChI is InChI=1S/C16H17Cl2N/c1-3-19-16(13-6-4-5-7-15(13)18)12-8-9-14(17)11(2)10-12/h4-10,16,19H,3H2,1-2H3. The van der Waals surface area contributed by atoms with Crippen LogP contribution in [0.2, 0.25) is 10.0 Å². The average Bonchev–Trinajstić information content (AvgIpc) is 2.40. The van der Waals surface area contributed by atoms with Gasteiger partial charge >= 0.3 is 0 Å². The molecule has 0 amide bonds. The van der Waals surface area contributed by atoms with Gasteiger partial charge in [-0.15, -0.1) is 0 Å². The van der Waals surface area contributed by atoms with Crippen molar-refractivity contribution in [2.24, 2.45) is 0 Å². The molecule has 0 saturated heterocycles. The molecule has 0 heterocycles. The van der Waals surface area contributed by atoms with E-state index in [9.17, 15) is 0 Å². The number of nitrogens with one attached hydrogen (secondary N) is 1. The normalized spacial score (nSPS) is 12.4. The fourth-order valence-electron chi connectivity index (χ4n) is 2.17. The van der Waals surface area contributed by atoms with Crippen molar-refractivity contribution in [3.63, 3.8) is 0 Å². The highest BCUT2D eigenvalue weighted by Gasteiger charge is 2.16. The van der Waals surface area contributed by atoms with Gasteiger partial charge in [-0.2, -0.15) is 0 Å². The molecule has 1 unspecified atom stereocenters. The van der Waals surface area contributed by atoms with Gasteiger partial charge in [-0.3, -0.25) is 0 Å². The molecule has 1 nitrogen and oxygen atoms in total. The van der Waals surface area contributed by atoms with Crippen LogP contribution in [0.4, 0.5) is 0 Å². The summed E-state index contributed by atoms with van der Waals surface area (Å²) in [6.45, 7) is 4.98. The van der Waals surface area contributed by atoms with Gasteiger partial charge in [0.2, 0.25) is 0 Å². The van der Waals surface area contributed by atoms with E-state index in [1.807, 2.05) is 37.3 Å². The highest BCUT2D eigenvalue weighted by Crippen LogP contribution is 2.30. The zero-order chi connectivity index (χ0) is 13.8. The summed E-state index contributed by atoms with van der Waals surface area (Å²) in [5, 5.41) is 5.04. The van der Waals surface area contributed by atoms with Crippen molar-refractivity contribution in [1.29, 1.82) is 0 Å². The Hall–Kier alpha value is -1.02. The maximum Gasteiger partial charge on any atom is 0.0591 e. The highest BCUT2D eigenvalue weighted by atomic mass is 35.5. The van der Waals surface area contributed by atoms with Gasteiger partial charge in [0.1, 0.15) is 0 Å². The van der Waals surface area contributed by atoms with Gasteiger partial charge in [0, 0.05) is 10.0 Å². The van der Waals surface area contributed by atoms with E-state index in [2.05, 4.69) is 24.4 Å². The van der Waals surface area contributed by atoms with Crippen molar-refractivity contribution in [3.05, 3.63) is 69.2 Å². The molecule has 0 spiro atoms. The molecule has 0 saturated carbocycles. The second-order valence-electron chi connectivity index (χ2n) is 4.52. The Labute approximate surface area is 124 Å². The Kier molecular flexibility index (Phi) is 4.87. The largest absolute Gasteiger partial charge is 0.306 e. The zero-order valence-corrected chi connectivity index (χ0v) is 12.6. The summed E-state index contributed by atoms with van der Waals surface area (Å²) in [4.78, 5) is 0. The molecule has 2 aromatic rings. The number of benzene rings is 2. The summed E-state index contributed by atoms with van der Waals surface area (Å²) in [6.07, 6.45) is 0.